The third-order valence-corrected chi connectivity index (χ3v) is 6.82. The van der Waals surface area contributed by atoms with Crippen LogP contribution in [-0.4, -0.2) is 82.2 Å². The lowest BCUT2D eigenvalue weighted by molar-refractivity contribution is -0.181. The highest BCUT2D eigenvalue weighted by Crippen LogP contribution is 2.40. The second kappa shape index (κ2) is 12.2. The third kappa shape index (κ3) is 6.63. The number of methoxy groups -OCH3 is 2. The van der Waals surface area contributed by atoms with E-state index >= 15 is 0 Å². The summed E-state index contributed by atoms with van der Waals surface area (Å²) in [4.78, 5) is 25.9. The highest BCUT2D eigenvalue weighted by molar-refractivity contribution is 5.76. The number of rotatable bonds is 9. The van der Waals surface area contributed by atoms with Crippen molar-refractivity contribution in [3.8, 4) is 22.9 Å². The van der Waals surface area contributed by atoms with E-state index in [1.54, 1.807) is 22.8 Å². The Balaban J connectivity index is 1.74. The largest absolute Gasteiger partial charge is 0.494 e. The number of nitrogens with zero attached hydrogens (tertiary/aromatic N) is 5. The molecule has 3 aromatic rings. The molecule has 1 saturated heterocycles. The standard InChI is InChI=1S/C26H30F6N6O4/c1-5-38(24(39)36-20(25(27,28)29)9-15-7-6-8-42-15)21(26(30,31)32)17-10-16(19(40-3)11-33-17)18-13-37-12-14(2)34-22(37)23(35-18)41-4/h10-13,15,20-21H,5-9H2,1-4H3,(H,36,39)/t15?,20?,21-/m0/s1. The zero-order valence-electron chi connectivity index (χ0n) is 23.2. The average molecular weight is 605 g/mol. The van der Waals surface area contributed by atoms with Gasteiger partial charge in [-0.3, -0.25) is 4.98 Å². The molecule has 1 N–H and O–H groups in total. The Morgan fingerprint density at radius 1 is 1.17 bits per heavy atom. The first-order chi connectivity index (χ1) is 19.8. The van der Waals surface area contributed by atoms with Crippen molar-refractivity contribution in [3.63, 3.8) is 0 Å². The molecule has 10 nitrogen and oxygen atoms in total. The number of carbonyl (C=O) groups excluding carboxylic acids is 1. The molecule has 0 bridgehead atoms. The Kier molecular flexibility index (Phi) is 9.03. The Bertz CT molecular complexity index is 1410. The summed E-state index contributed by atoms with van der Waals surface area (Å²) in [5.41, 5.74) is 0.565. The van der Waals surface area contributed by atoms with E-state index in [-0.39, 0.29) is 34.4 Å². The smallest absolute Gasteiger partial charge is 0.414 e. The van der Waals surface area contributed by atoms with Gasteiger partial charge in [0, 0.05) is 37.5 Å². The van der Waals surface area contributed by atoms with Crippen molar-refractivity contribution >= 4 is 11.7 Å². The molecule has 0 radical (unpaired) electrons. The number of aryl methyl sites for hydroxylation is 1. The van der Waals surface area contributed by atoms with Gasteiger partial charge in [-0.05, 0) is 32.8 Å². The van der Waals surface area contributed by atoms with Crippen molar-refractivity contribution in [2.24, 2.45) is 0 Å². The molecule has 42 heavy (non-hydrogen) atoms. The van der Waals surface area contributed by atoms with Crippen LogP contribution < -0.4 is 14.8 Å². The lowest BCUT2D eigenvalue weighted by Gasteiger charge is -2.34. The first kappa shape index (κ1) is 31.1. The van der Waals surface area contributed by atoms with Crippen molar-refractivity contribution in [2.45, 2.75) is 63.7 Å². The van der Waals surface area contributed by atoms with Crippen LogP contribution in [0.4, 0.5) is 31.1 Å². The van der Waals surface area contributed by atoms with Crippen LogP contribution in [0.25, 0.3) is 16.9 Å². The maximum Gasteiger partial charge on any atom is 0.414 e. The fourth-order valence-electron chi connectivity index (χ4n) is 4.88. The van der Waals surface area contributed by atoms with Gasteiger partial charge in [-0.15, -0.1) is 0 Å². The highest BCUT2D eigenvalue weighted by Gasteiger charge is 2.49. The number of carbonyl (C=O) groups is 1. The van der Waals surface area contributed by atoms with Gasteiger partial charge in [-0.1, -0.05) is 0 Å². The van der Waals surface area contributed by atoms with Gasteiger partial charge < -0.3 is 28.8 Å². The van der Waals surface area contributed by atoms with E-state index in [1.807, 2.05) is 0 Å². The quantitative estimate of drug-likeness (QED) is 0.333. The van der Waals surface area contributed by atoms with E-state index in [9.17, 15) is 31.1 Å². The number of urea groups is 1. The van der Waals surface area contributed by atoms with Crippen molar-refractivity contribution < 1.29 is 45.3 Å². The number of pyridine rings is 1. The molecule has 0 aliphatic carbocycles. The second-order valence-corrected chi connectivity index (χ2v) is 9.70. The number of imidazole rings is 1. The van der Waals surface area contributed by atoms with Gasteiger partial charge in [0.1, 0.15) is 11.8 Å². The van der Waals surface area contributed by atoms with Crippen LogP contribution in [0.15, 0.2) is 24.7 Å². The molecule has 0 aromatic carbocycles. The number of amides is 2. The zero-order valence-corrected chi connectivity index (χ0v) is 23.2. The lowest BCUT2D eigenvalue weighted by Crippen LogP contribution is -2.54. The zero-order chi connectivity index (χ0) is 30.8. The number of hydrogen-bond acceptors (Lipinski definition) is 7. The molecular formula is C26H30F6N6O4. The predicted molar refractivity (Wildman–Crippen MR) is 137 cm³/mol. The number of hydrogen-bond donors (Lipinski definition) is 1. The molecule has 3 atom stereocenters. The van der Waals surface area contributed by atoms with Gasteiger partial charge in [-0.25, -0.2) is 14.8 Å². The molecular weight excluding hydrogens is 574 g/mol. The van der Waals surface area contributed by atoms with Gasteiger partial charge in [0.15, 0.2) is 6.04 Å². The van der Waals surface area contributed by atoms with Gasteiger partial charge in [0.2, 0.25) is 5.65 Å². The van der Waals surface area contributed by atoms with Crippen LogP contribution in [0, 0.1) is 6.92 Å². The van der Waals surface area contributed by atoms with Gasteiger partial charge in [-0.2, -0.15) is 26.3 Å². The predicted octanol–water partition coefficient (Wildman–Crippen LogP) is 5.25. The Morgan fingerprint density at radius 2 is 1.90 bits per heavy atom. The molecule has 0 saturated carbocycles. The molecule has 4 rings (SSSR count). The summed E-state index contributed by atoms with van der Waals surface area (Å²) in [5.74, 6) is 0.152. The van der Waals surface area contributed by atoms with Crippen LogP contribution >= 0.6 is 0 Å². The van der Waals surface area contributed by atoms with E-state index in [0.29, 0.717) is 24.2 Å². The number of aromatic nitrogens is 4. The maximum atomic E-state index is 14.6. The molecule has 1 aliphatic heterocycles. The summed E-state index contributed by atoms with van der Waals surface area (Å²) in [6.45, 7) is 2.67. The second-order valence-electron chi connectivity index (χ2n) is 9.70. The molecule has 230 valence electrons. The number of fused-ring (bicyclic) bond motifs is 1. The van der Waals surface area contributed by atoms with Crippen LogP contribution in [0.2, 0.25) is 0 Å². The van der Waals surface area contributed by atoms with E-state index in [4.69, 9.17) is 14.2 Å². The summed E-state index contributed by atoms with van der Waals surface area (Å²) >= 11 is 0. The molecule has 0 spiro atoms. The fraction of sp³-hybridized carbons (Fsp3) is 0.538. The number of ether oxygens (including phenoxy) is 3. The average Bonchev–Trinajstić information content (AvgIpc) is 3.57. The van der Waals surface area contributed by atoms with Crippen LogP contribution in [-0.2, 0) is 4.74 Å². The molecule has 16 heteroatoms. The highest BCUT2D eigenvalue weighted by atomic mass is 19.4. The molecule has 2 unspecified atom stereocenters. The minimum Gasteiger partial charge on any atom is -0.494 e. The number of nitrogens with one attached hydrogen (secondary N) is 1. The summed E-state index contributed by atoms with van der Waals surface area (Å²) in [5, 5.41) is 1.75. The van der Waals surface area contributed by atoms with Crippen molar-refractivity contribution in [3.05, 3.63) is 36.0 Å². The minimum atomic E-state index is -5.11. The Morgan fingerprint density at radius 3 is 2.48 bits per heavy atom. The van der Waals surface area contributed by atoms with Crippen molar-refractivity contribution in [1.82, 2.24) is 29.6 Å². The molecule has 3 aromatic heterocycles. The van der Waals surface area contributed by atoms with Gasteiger partial charge in [0.05, 0.1) is 43.6 Å². The minimum absolute atomic E-state index is 0.0617. The van der Waals surface area contributed by atoms with E-state index in [1.165, 1.54) is 27.3 Å². The van der Waals surface area contributed by atoms with Gasteiger partial charge >= 0.3 is 18.4 Å². The summed E-state index contributed by atoms with van der Waals surface area (Å²) in [7, 11) is 2.64. The summed E-state index contributed by atoms with van der Waals surface area (Å²) in [6.07, 6.45) is -6.29. The number of halogens is 6. The number of alkyl halides is 6. The first-order valence-electron chi connectivity index (χ1n) is 13.0. The van der Waals surface area contributed by atoms with E-state index in [0.717, 1.165) is 12.3 Å². The monoisotopic (exact) mass is 604 g/mol. The molecule has 1 fully saturated rings. The third-order valence-electron chi connectivity index (χ3n) is 6.82. The van der Waals surface area contributed by atoms with E-state index < -0.39 is 55.2 Å². The van der Waals surface area contributed by atoms with Crippen molar-refractivity contribution in [2.75, 3.05) is 27.4 Å². The summed E-state index contributed by atoms with van der Waals surface area (Å²) in [6, 6.07) is -5.60. The fourth-order valence-corrected chi connectivity index (χ4v) is 4.88. The first-order valence-corrected chi connectivity index (χ1v) is 13.0. The topological polar surface area (TPSA) is 103 Å². The van der Waals surface area contributed by atoms with Crippen LogP contribution in [0.3, 0.4) is 0 Å². The Hall–Kier alpha value is -3.82. The molecule has 2 amide bonds. The SMILES string of the molecule is CCN(C(=O)NC(CC1CCCO1)C(F)(F)F)[C@@H](c1cc(-c2cn3cc(C)nc3c(OC)n2)c(OC)cn1)C(F)(F)F. The molecule has 4 heterocycles. The van der Waals surface area contributed by atoms with Crippen LogP contribution in [0.1, 0.15) is 43.6 Å². The lowest BCUT2D eigenvalue weighted by atomic mass is 10.1. The van der Waals surface area contributed by atoms with Crippen LogP contribution in [0.5, 0.6) is 11.6 Å². The summed E-state index contributed by atoms with van der Waals surface area (Å²) < 4.78 is 103. The normalized spacial score (nSPS) is 17.2. The van der Waals surface area contributed by atoms with E-state index in [2.05, 4.69) is 15.0 Å². The Labute approximate surface area is 237 Å². The maximum absolute atomic E-state index is 14.6. The van der Waals surface area contributed by atoms with Crippen molar-refractivity contribution in [1.29, 1.82) is 0 Å². The molecule has 1 aliphatic rings. The van der Waals surface area contributed by atoms with Gasteiger partial charge in [0.25, 0.3) is 5.88 Å².